The lowest BCUT2D eigenvalue weighted by atomic mass is 9.96. The van der Waals surface area contributed by atoms with E-state index in [2.05, 4.69) is 163 Å². The second-order valence-corrected chi connectivity index (χ2v) is 13.8. The highest BCUT2D eigenvalue weighted by atomic mass is 32.1. The lowest BCUT2D eigenvalue weighted by Gasteiger charge is -2.15. The molecule has 0 saturated carbocycles. The molecular formula is C43H28N2S2. The number of fused-ring (bicyclic) bond motifs is 4. The Hall–Kier alpha value is -5.55. The molecule has 0 aliphatic carbocycles. The van der Waals surface area contributed by atoms with Crippen molar-refractivity contribution in [1.82, 2.24) is 4.98 Å². The lowest BCUT2D eigenvalue weighted by Crippen LogP contribution is -1.94. The molecule has 0 unspecified atom stereocenters. The van der Waals surface area contributed by atoms with E-state index in [1.165, 1.54) is 63.8 Å². The second kappa shape index (κ2) is 11.7. The Morgan fingerprint density at radius 2 is 1.00 bits per heavy atom. The van der Waals surface area contributed by atoms with Gasteiger partial charge in [-0.05, 0) is 76.3 Å². The average Bonchev–Trinajstić information content (AvgIpc) is 3.72. The van der Waals surface area contributed by atoms with Crippen LogP contribution in [0.5, 0.6) is 0 Å². The molecule has 7 aromatic carbocycles. The van der Waals surface area contributed by atoms with Gasteiger partial charge in [0.1, 0.15) is 5.01 Å². The second-order valence-electron chi connectivity index (χ2n) is 11.7. The first kappa shape index (κ1) is 27.7. The van der Waals surface area contributed by atoms with E-state index in [9.17, 15) is 0 Å². The molecule has 0 bridgehead atoms. The minimum atomic E-state index is 1.06. The number of nitrogens with zero attached hydrogens (tertiary/aromatic N) is 1. The van der Waals surface area contributed by atoms with Crippen molar-refractivity contribution in [1.29, 1.82) is 0 Å². The molecule has 9 rings (SSSR count). The first-order valence-corrected chi connectivity index (χ1v) is 17.3. The molecule has 9 aromatic rings. The summed E-state index contributed by atoms with van der Waals surface area (Å²) in [5.74, 6) is 0. The van der Waals surface area contributed by atoms with Crippen LogP contribution in [0.3, 0.4) is 0 Å². The quantitative estimate of drug-likeness (QED) is 0.196. The van der Waals surface area contributed by atoms with Crippen LogP contribution in [0.4, 0.5) is 11.4 Å². The smallest absolute Gasteiger partial charge is 0.124 e. The Morgan fingerprint density at radius 3 is 1.74 bits per heavy atom. The SMILES string of the molecule is c1ccc(-c2ccc(Nc3ccc(-c4ccc5sc6cc7nc(-c8ccccc8)sc7cc6c5c4)cc3-c3ccccc3)cc2)cc1. The van der Waals surface area contributed by atoms with Crippen LogP contribution in [0.1, 0.15) is 0 Å². The van der Waals surface area contributed by atoms with Gasteiger partial charge in [0.15, 0.2) is 0 Å². The Kier molecular flexibility index (Phi) is 6.89. The number of thiazole rings is 1. The molecule has 0 spiro atoms. The summed E-state index contributed by atoms with van der Waals surface area (Å²) in [7, 11) is 0. The molecule has 4 heteroatoms. The third-order valence-corrected chi connectivity index (χ3v) is 10.9. The van der Waals surface area contributed by atoms with E-state index < -0.39 is 0 Å². The minimum absolute atomic E-state index is 1.06. The minimum Gasteiger partial charge on any atom is -0.355 e. The summed E-state index contributed by atoms with van der Waals surface area (Å²) in [6.45, 7) is 0. The molecule has 222 valence electrons. The number of hydrogen-bond donors (Lipinski definition) is 1. The zero-order chi connectivity index (χ0) is 31.2. The summed E-state index contributed by atoms with van der Waals surface area (Å²) in [5, 5.41) is 7.36. The highest BCUT2D eigenvalue weighted by Crippen LogP contribution is 2.42. The van der Waals surface area contributed by atoms with E-state index >= 15 is 0 Å². The predicted molar refractivity (Wildman–Crippen MR) is 204 cm³/mol. The number of rotatable bonds is 6. The number of aromatic nitrogens is 1. The van der Waals surface area contributed by atoms with Crippen molar-refractivity contribution in [2.24, 2.45) is 0 Å². The third-order valence-electron chi connectivity index (χ3n) is 8.71. The van der Waals surface area contributed by atoms with Crippen molar-refractivity contribution in [2.75, 3.05) is 5.32 Å². The Labute approximate surface area is 281 Å². The zero-order valence-electron chi connectivity index (χ0n) is 25.4. The van der Waals surface area contributed by atoms with Gasteiger partial charge in [0.2, 0.25) is 0 Å². The van der Waals surface area contributed by atoms with Crippen molar-refractivity contribution < 1.29 is 0 Å². The molecule has 0 fully saturated rings. The van der Waals surface area contributed by atoms with Gasteiger partial charge in [-0.25, -0.2) is 4.98 Å². The maximum absolute atomic E-state index is 4.98. The average molecular weight is 637 g/mol. The Bertz CT molecular complexity index is 2510. The van der Waals surface area contributed by atoms with E-state index in [1.54, 1.807) is 11.3 Å². The van der Waals surface area contributed by atoms with Gasteiger partial charge in [0.25, 0.3) is 0 Å². The van der Waals surface area contributed by atoms with Gasteiger partial charge in [-0.1, -0.05) is 115 Å². The van der Waals surface area contributed by atoms with Crippen LogP contribution in [-0.2, 0) is 0 Å². The zero-order valence-corrected chi connectivity index (χ0v) is 27.0. The molecule has 1 N–H and O–H groups in total. The molecule has 47 heavy (non-hydrogen) atoms. The van der Waals surface area contributed by atoms with E-state index in [1.807, 2.05) is 17.4 Å². The molecule has 2 aromatic heterocycles. The summed E-state index contributed by atoms with van der Waals surface area (Å²) in [5.41, 5.74) is 11.6. The van der Waals surface area contributed by atoms with E-state index in [-0.39, 0.29) is 0 Å². The van der Waals surface area contributed by atoms with E-state index in [0.29, 0.717) is 0 Å². The number of benzene rings is 7. The van der Waals surface area contributed by atoms with Crippen LogP contribution in [0.2, 0.25) is 0 Å². The fourth-order valence-electron chi connectivity index (χ4n) is 6.30. The fourth-order valence-corrected chi connectivity index (χ4v) is 8.40. The van der Waals surface area contributed by atoms with Gasteiger partial charge < -0.3 is 5.32 Å². The number of thiophene rings is 1. The first-order chi connectivity index (χ1) is 23.2. The summed E-state index contributed by atoms with van der Waals surface area (Å²) >= 11 is 3.61. The van der Waals surface area contributed by atoms with E-state index in [4.69, 9.17) is 4.98 Å². The maximum atomic E-state index is 4.98. The monoisotopic (exact) mass is 636 g/mol. The largest absolute Gasteiger partial charge is 0.355 e. The highest BCUT2D eigenvalue weighted by molar-refractivity contribution is 7.26. The molecule has 2 nitrogen and oxygen atoms in total. The van der Waals surface area contributed by atoms with Crippen LogP contribution in [0.15, 0.2) is 164 Å². The van der Waals surface area contributed by atoms with Gasteiger partial charge in [0.05, 0.1) is 10.2 Å². The molecule has 0 atom stereocenters. The standard InChI is InChI=1S/C43H28N2S2/c1-4-10-28(11-5-1)29-16-20-34(21-17-29)44-38-22-18-32(24-35(38)30-12-6-2-7-13-30)33-19-23-40-36(25-33)37-26-42-39(27-41(37)46-40)45-43(47-42)31-14-8-3-9-15-31/h1-27,44H. The summed E-state index contributed by atoms with van der Waals surface area (Å²) in [6.07, 6.45) is 0. The summed E-state index contributed by atoms with van der Waals surface area (Å²) in [4.78, 5) is 4.98. The first-order valence-electron chi connectivity index (χ1n) is 15.7. The molecule has 0 aliphatic heterocycles. The van der Waals surface area contributed by atoms with Crippen LogP contribution in [0.25, 0.3) is 74.3 Å². The third kappa shape index (κ3) is 5.28. The molecular weight excluding hydrogens is 609 g/mol. The molecule has 0 aliphatic rings. The van der Waals surface area contributed by atoms with Crippen LogP contribution < -0.4 is 5.32 Å². The Balaban J connectivity index is 1.09. The van der Waals surface area contributed by atoms with Crippen LogP contribution in [0, 0.1) is 0 Å². The van der Waals surface area contributed by atoms with Crippen LogP contribution in [-0.4, -0.2) is 4.98 Å². The van der Waals surface area contributed by atoms with Crippen molar-refractivity contribution in [3.63, 3.8) is 0 Å². The lowest BCUT2D eigenvalue weighted by molar-refractivity contribution is 1.48. The molecule has 0 amide bonds. The highest BCUT2D eigenvalue weighted by Gasteiger charge is 2.14. The van der Waals surface area contributed by atoms with Crippen LogP contribution >= 0.6 is 22.7 Å². The van der Waals surface area contributed by atoms with Gasteiger partial charge in [-0.15, -0.1) is 22.7 Å². The normalized spacial score (nSPS) is 11.4. The number of nitrogens with one attached hydrogen (secondary N) is 1. The maximum Gasteiger partial charge on any atom is 0.124 e. The van der Waals surface area contributed by atoms with Crippen molar-refractivity contribution >= 4 is 64.4 Å². The van der Waals surface area contributed by atoms with Gasteiger partial charge in [0, 0.05) is 42.7 Å². The summed E-state index contributed by atoms with van der Waals surface area (Å²) < 4.78 is 3.79. The topological polar surface area (TPSA) is 24.9 Å². The van der Waals surface area contributed by atoms with Gasteiger partial charge in [-0.2, -0.15) is 0 Å². The van der Waals surface area contributed by atoms with E-state index in [0.717, 1.165) is 21.9 Å². The van der Waals surface area contributed by atoms with Crippen molar-refractivity contribution in [2.45, 2.75) is 0 Å². The van der Waals surface area contributed by atoms with Gasteiger partial charge >= 0.3 is 0 Å². The van der Waals surface area contributed by atoms with Gasteiger partial charge in [-0.3, -0.25) is 0 Å². The number of anilines is 2. The molecule has 2 heterocycles. The predicted octanol–water partition coefficient (Wildman–Crippen LogP) is 13.1. The van der Waals surface area contributed by atoms with Crippen molar-refractivity contribution in [3.8, 4) is 44.0 Å². The molecule has 0 radical (unpaired) electrons. The number of hydrogen-bond acceptors (Lipinski definition) is 4. The Morgan fingerprint density at radius 1 is 0.404 bits per heavy atom. The summed E-state index contributed by atoms with van der Waals surface area (Å²) in [6, 6.07) is 58.5. The van der Waals surface area contributed by atoms with Crippen molar-refractivity contribution in [3.05, 3.63) is 164 Å². The fraction of sp³-hybridized carbons (Fsp3) is 0. The molecule has 0 saturated heterocycles.